The molecule has 0 radical (unpaired) electrons. The van der Waals surface area contributed by atoms with Crippen LogP contribution in [0.5, 0.6) is 6.01 Å². The van der Waals surface area contributed by atoms with E-state index in [1.807, 2.05) is 50.3 Å². The lowest BCUT2D eigenvalue weighted by atomic mass is 9.89. The van der Waals surface area contributed by atoms with E-state index in [0.717, 1.165) is 33.6 Å². The van der Waals surface area contributed by atoms with Gasteiger partial charge in [-0.05, 0) is 36.7 Å². The molecule has 1 atom stereocenters. The molecule has 5 heteroatoms. The molecule has 150 valence electrons. The van der Waals surface area contributed by atoms with Crippen molar-refractivity contribution < 1.29 is 9.53 Å². The zero-order valence-corrected chi connectivity index (χ0v) is 17.1. The first-order valence-electron chi connectivity index (χ1n) is 10.1. The molecule has 1 heterocycles. The molecular weight excluding hydrogens is 374 g/mol. The van der Waals surface area contributed by atoms with Gasteiger partial charge in [-0.25, -0.2) is 4.79 Å². The van der Waals surface area contributed by atoms with Crippen LogP contribution in [0.4, 0.5) is 0 Å². The molecule has 30 heavy (non-hydrogen) atoms. The van der Waals surface area contributed by atoms with Crippen molar-refractivity contribution in [3.05, 3.63) is 77.5 Å². The molecule has 1 aliphatic carbocycles. The van der Waals surface area contributed by atoms with Crippen LogP contribution in [-0.4, -0.2) is 29.1 Å². The summed E-state index contributed by atoms with van der Waals surface area (Å²) in [5, 5.41) is 3.37. The number of hydrogen-bond donors (Lipinski definition) is 1. The first-order chi connectivity index (χ1) is 14.7. The number of benzene rings is 2. The molecule has 1 aromatic heterocycles. The van der Waals surface area contributed by atoms with Crippen LogP contribution in [0.25, 0.3) is 28.5 Å². The van der Waals surface area contributed by atoms with Crippen molar-refractivity contribution in [3.63, 3.8) is 0 Å². The van der Waals surface area contributed by atoms with Crippen molar-refractivity contribution >= 4 is 12.0 Å². The van der Waals surface area contributed by atoms with Crippen molar-refractivity contribution in [2.75, 3.05) is 13.2 Å². The van der Waals surface area contributed by atoms with Crippen molar-refractivity contribution in [2.24, 2.45) is 0 Å². The van der Waals surface area contributed by atoms with E-state index in [-0.39, 0.29) is 6.04 Å². The summed E-state index contributed by atoms with van der Waals surface area (Å²) in [6.45, 7) is 5.08. The van der Waals surface area contributed by atoms with Crippen LogP contribution >= 0.6 is 0 Å². The Kier molecular flexibility index (Phi) is 5.84. The number of aromatic nitrogens is 2. The van der Waals surface area contributed by atoms with E-state index in [1.165, 1.54) is 0 Å². The zero-order valence-electron chi connectivity index (χ0n) is 17.1. The van der Waals surface area contributed by atoms with Gasteiger partial charge in [0.2, 0.25) is 0 Å². The molecule has 2 aromatic carbocycles. The summed E-state index contributed by atoms with van der Waals surface area (Å²) < 4.78 is 5.61. The second-order valence-electron chi connectivity index (χ2n) is 6.91. The van der Waals surface area contributed by atoms with Crippen LogP contribution in [0.2, 0.25) is 0 Å². The summed E-state index contributed by atoms with van der Waals surface area (Å²) in [6, 6.07) is 18.5. The van der Waals surface area contributed by atoms with Gasteiger partial charge in [0.25, 0.3) is 0 Å². The minimum atomic E-state index is -0.313. The molecule has 1 N–H and O–H groups in total. The summed E-state index contributed by atoms with van der Waals surface area (Å²) >= 11 is 0. The average molecular weight is 397 g/mol. The molecular formula is C25H23N3O2. The van der Waals surface area contributed by atoms with Crippen molar-refractivity contribution in [1.82, 2.24) is 15.3 Å². The number of likely N-dealkylation sites (N-methyl/N-ethyl adjacent to an activating group) is 1. The highest BCUT2D eigenvalue weighted by atomic mass is 16.5. The van der Waals surface area contributed by atoms with Crippen molar-refractivity contribution in [2.45, 2.75) is 19.9 Å². The minimum absolute atomic E-state index is 0.313. The van der Waals surface area contributed by atoms with Crippen LogP contribution in [-0.2, 0) is 4.79 Å². The topological polar surface area (TPSA) is 64.1 Å². The lowest BCUT2D eigenvalue weighted by molar-refractivity contribution is 0.312. The molecule has 0 saturated heterocycles. The first kappa shape index (κ1) is 19.8. The Hall–Kier alpha value is -3.53. The molecule has 4 rings (SSSR count). The summed E-state index contributed by atoms with van der Waals surface area (Å²) in [5.74, 6) is 2.06. The molecule has 0 bridgehead atoms. The van der Waals surface area contributed by atoms with Gasteiger partial charge in [0.1, 0.15) is 5.94 Å². The maximum Gasteiger partial charge on any atom is 0.317 e. The van der Waals surface area contributed by atoms with E-state index in [9.17, 15) is 4.79 Å². The maximum atomic E-state index is 11.6. The van der Waals surface area contributed by atoms with Gasteiger partial charge in [0, 0.05) is 11.1 Å². The molecule has 1 unspecified atom stereocenters. The molecule has 0 saturated carbocycles. The highest BCUT2D eigenvalue weighted by molar-refractivity contribution is 5.78. The Morgan fingerprint density at radius 3 is 2.30 bits per heavy atom. The number of carbonyl (C=O) groups excluding carboxylic acids is 1. The quantitative estimate of drug-likeness (QED) is 0.614. The second-order valence-corrected chi connectivity index (χ2v) is 6.91. The number of hydrogen-bond acceptors (Lipinski definition) is 5. The molecule has 3 aromatic rings. The number of nitrogens with zero attached hydrogens (tertiary/aromatic N) is 2. The normalized spacial score (nSPS) is 14.9. The zero-order chi connectivity index (χ0) is 20.9. The van der Waals surface area contributed by atoms with Gasteiger partial charge in [-0.1, -0.05) is 61.5 Å². The van der Waals surface area contributed by atoms with Gasteiger partial charge in [-0.15, -0.1) is 0 Å². The third kappa shape index (κ3) is 3.81. The largest absolute Gasteiger partial charge is 0.464 e. The van der Waals surface area contributed by atoms with E-state index in [0.29, 0.717) is 24.7 Å². The highest BCUT2D eigenvalue weighted by Gasteiger charge is 2.28. The highest BCUT2D eigenvalue weighted by Crippen LogP contribution is 2.37. The Labute approximate surface area is 176 Å². The molecule has 1 aliphatic rings. The van der Waals surface area contributed by atoms with E-state index >= 15 is 0 Å². The lowest BCUT2D eigenvalue weighted by Gasteiger charge is -2.25. The average Bonchev–Trinajstić information content (AvgIpc) is 2.80. The summed E-state index contributed by atoms with van der Waals surface area (Å²) in [4.78, 5) is 20.8. The molecule has 0 fully saturated rings. The third-order valence-electron chi connectivity index (χ3n) is 5.04. The van der Waals surface area contributed by atoms with Gasteiger partial charge >= 0.3 is 6.01 Å². The summed E-state index contributed by atoms with van der Waals surface area (Å²) in [6.07, 6.45) is 3.59. The first-order valence-corrected chi connectivity index (χ1v) is 10.1. The number of ether oxygens (including phenoxy) is 1. The number of rotatable bonds is 6. The van der Waals surface area contributed by atoms with Gasteiger partial charge in [-0.2, -0.15) is 9.97 Å². The SMILES string of the molecule is CCNC1C(=C=O)C=Cc2nc(OCC)nc(-c3ccc(-c4ccccc4)cc3)c21. The van der Waals surface area contributed by atoms with E-state index < -0.39 is 0 Å². The number of fused-ring (bicyclic) bond motifs is 1. The van der Waals surface area contributed by atoms with Gasteiger partial charge < -0.3 is 10.1 Å². The van der Waals surface area contributed by atoms with Gasteiger partial charge in [-0.3, -0.25) is 0 Å². The third-order valence-corrected chi connectivity index (χ3v) is 5.04. The molecule has 0 amide bonds. The minimum Gasteiger partial charge on any atom is -0.464 e. The van der Waals surface area contributed by atoms with Crippen LogP contribution < -0.4 is 10.1 Å². The van der Waals surface area contributed by atoms with Gasteiger partial charge in [0.15, 0.2) is 0 Å². The number of nitrogens with one attached hydrogen (secondary N) is 1. The Morgan fingerprint density at radius 2 is 1.63 bits per heavy atom. The fraction of sp³-hybridized carbons (Fsp3) is 0.200. The van der Waals surface area contributed by atoms with E-state index in [1.54, 1.807) is 6.08 Å². The van der Waals surface area contributed by atoms with Crippen LogP contribution in [0.15, 0.2) is 66.2 Å². The Bertz CT molecular complexity index is 1120. The van der Waals surface area contributed by atoms with E-state index in [2.05, 4.69) is 40.5 Å². The molecule has 5 nitrogen and oxygen atoms in total. The van der Waals surface area contributed by atoms with Crippen LogP contribution in [0.1, 0.15) is 31.1 Å². The summed E-state index contributed by atoms with van der Waals surface area (Å²) in [7, 11) is 0. The fourth-order valence-electron chi connectivity index (χ4n) is 3.67. The standard InChI is InChI=1S/C25H23N3O2/c1-3-26-23-20(16-29)14-15-21-22(23)24(28-25(27-21)30-4-2)19-12-10-18(11-13-19)17-8-6-5-7-9-17/h5-15,23,26H,3-4H2,1-2H3. The molecule has 0 spiro atoms. The predicted octanol–water partition coefficient (Wildman–Crippen LogP) is 4.64. The fourth-order valence-corrected chi connectivity index (χ4v) is 3.67. The Morgan fingerprint density at radius 1 is 0.933 bits per heavy atom. The second kappa shape index (κ2) is 8.87. The van der Waals surface area contributed by atoms with Crippen molar-refractivity contribution in [1.29, 1.82) is 0 Å². The lowest BCUT2D eigenvalue weighted by Crippen LogP contribution is -2.26. The Balaban J connectivity index is 1.85. The van der Waals surface area contributed by atoms with Crippen molar-refractivity contribution in [3.8, 4) is 28.4 Å². The predicted molar refractivity (Wildman–Crippen MR) is 119 cm³/mol. The van der Waals surface area contributed by atoms with Crippen LogP contribution in [0.3, 0.4) is 0 Å². The maximum absolute atomic E-state index is 11.6. The van der Waals surface area contributed by atoms with Gasteiger partial charge in [0.05, 0.1) is 29.6 Å². The smallest absolute Gasteiger partial charge is 0.317 e. The van der Waals surface area contributed by atoms with Crippen LogP contribution in [0, 0.1) is 0 Å². The van der Waals surface area contributed by atoms with E-state index in [4.69, 9.17) is 9.72 Å². The monoisotopic (exact) mass is 397 g/mol. The molecule has 0 aliphatic heterocycles. The summed E-state index contributed by atoms with van der Waals surface area (Å²) in [5.41, 5.74) is 6.14.